The largest absolute Gasteiger partial charge is 0.363 e. The Bertz CT molecular complexity index is 538. The van der Waals surface area contributed by atoms with E-state index in [-0.39, 0.29) is 5.56 Å². The van der Waals surface area contributed by atoms with Gasteiger partial charge in [0.15, 0.2) is 0 Å². The Kier molecular flexibility index (Phi) is 4.17. The fourth-order valence-corrected chi connectivity index (χ4v) is 3.87. The third-order valence-corrected chi connectivity index (χ3v) is 7.81. The highest BCUT2D eigenvalue weighted by atomic mass is 35.5. The molecule has 102 valence electrons. The summed E-state index contributed by atoms with van der Waals surface area (Å²) in [7, 11) is -10.5. The summed E-state index contributed by atoms with van der Waals surface area (Å²) in [5.41, 5.74) is 1.14. The summed E-state index contributed by atoms with van der Waals surface area (Å²) in [6.45, 7) is 3.40. The van der Waals surface area contributed by atoms with E-state index in [0.717, 1.165) is 5.56 Å². The van der Waals surface area contributed by atoms with E-state index < -0.39 is 19.5 Å². The second-order valence-electron chi connectivity index (χ2n) is 3.97. The van der Waals surface area contributed by atoms with Crippen molar-refractivity contribution in [3.05, 3.63) is 34.9 Å². The first-order chi connectivity index (χ1) is 7.91. The molecule has 0 saturated heterocycles. The Morgan fingerprint density at radius 2 is 1.44 bits per heavy atom. The van der Waals surface area contributed by atoms with Gasteiger partial charge in [-0.3, -0.25) is 9.13 Å². The van der Waals surface area contributed by atoms with Crippen LogP contribution in [-0.4, -0.2) is 19.6 Å². The van der Waals surface area contributed by atoms with Gasteiger partial charge in [0.05, 0.1) is 0 Å². The molecule has 9 heteroatoms. The maximum atomic E-state index is 11.4. The van der Waals surface area contributed by atoms with Crippen molar-refractivity contribution in [3.63, 3.8) is 0 Å². The summed E-state index contributed by atoms with van der Waals surface area (Å²) < 4.78 is 19.7. The molecule has 18 heavy (non-hydrogen) atoms. The quantitative estimate of drug-likeness (QED) is 0.501. The number of rotatable bonds is 3. The molecule has 0 radical (unpaired) electrons. The van der Waals surface area contributed by atoms with Crippen LogP contribution in [0.25, 0.3) is 0 Å². The predicted molar refractivity (Wildman–Crippen MR) is 67.5 cm³/mol. The summed E-state index contributed by atoms with van der Waals surface area (Å²) in [6.07, 6.45) is 0. The van der Waals surface area contributed by atoms with Crippen molar-refractivity contribution < 1.29 is 28.7 Å². The van der Waals surface area contributed by atoms with Crippen molar-refractivity contribution in [3.8, 4) is 0 Å². The van der Waals surface area contributed by atoms with Crippen molar-refractivity contribution >= 4 is 26.8 Å². The van der Waals surface area contributed by atoms with Gasteiger partial charge in [-0.05, 0) is 30.5 Å². The third-order valence-electron chi connectivity index (χ3n) is 2.65. The average molecular weight is 315 g/mol. The molecule has 0 aliphatic rings. The van der Waals surface area contributed by atoms with Crippen LogP contribution >= 0.6 is 26.8 Å². The molecule has 4 N–H and O–H groups in total. The molecule has 0 unspecified atom stereocenters. The van der Waals surface area contributed by atoms with Gasteiger partial charge in [0, 0.05) is 0 Å². The van der Waals surface area contributed by atoms with Gasteiger partial charge in [-0.25, -0.2) is 0 Å². The summed E-state index contributed by atoms with van der Waals surface area (Å²) in [4.78, 5) is 36.7. The van der Waals surface area contributed by atoms with E-state index in [1.165, 1.54) is 18.2 Å². The molecule has 0 heterocycles. The lowest BCUT2D eigenvalue weighted by atomic mass is 10.1. The highest BCUT2D eigenvalue weighted by molar-refractivity contribution is 7.74. The molecule has 0 amide bonds. The van der Waals surface area contributed by atoms with E-state index in [2.05, 4.69) is 0 Å². The lowest BCUT2D eigenvalue weighted by molar-refractivity contribution is 0.331. The third kappa shape index (κ3) is 2.56. The first-order valence-electron chi connectivity index (χ1n) is 4.79. The van der Waals surface area contributed by atoms with E-state index >= 15 is 0 Å². The molecule has 0 saturated carbocycles. The minimum atomic E-state index is -5.26. The van der Waals surface area contributed by atoms with Crippen LogP contribution in [0.15, 0.2) is 18.2 Å². The minimum Gasteiger partial charge on any atom is -0.322 e. The van der Waals surface area contributed by atoms with E-state index in [1.54, 1.807) is 13.8 Å². The molecule has 1 rings (SSSR count). The van der Waals surface area contributed by atoms with Crippen LogP contribution in [0, 0.1) is 13.8 Å². The smallest absolute Gasteiger partial charge is 0.322 e. The number of hydrogen-bond acceptors (Lipinski definition) is 2. The molecule has 1 aromatic rings. The lowest BCUT2D eigenvalue weighted by Crippen LogP contribution is -2.19. The van der Waals surface area contributed by atoms with E-state index in [1.807, 2.05) is 0 Å². The molecule has 0 bridgehead atoms. The molecule has 0 atom stereocenters. The summed E-state index contributed by atoms with van der Waals surface area (Å²) in [5, 5.41) is 0. The molecule has 0 spiro atoms. The molecular weight excluding hydrogens is 301 g/mol. The average Bonchev–Trinajstić information content (AvgIpc) is 2.17. The number of aryl methyl sites for hydroxylation is 2. The Labute approximate surface area is 109 Å². The molecule has 0 fully saturated rings. The monoisotopic (exact) mass is 314 g/mol. The van der Waals surface area contributed by atoms with E-state index in [4.69, 9.17) is 11.6 Å². The van der Waals surface area contributed by atoms with Crippen LogP contribution < -0.4 is 0 Å². The normalized spacial score (nSPS) is 13.7. The van der Waals surface area contributed by atoms with Gasteiger partial charge in [0.25, 0.3) is 4.36 Å². The first-order valence-corrected chi connectivity index (χ1v) is 8.39. The number of alkyl halides is 1. The zero-order chi connectivity index (χ0) is 14.4. The van der Waals surface area contributed by atoms with Crippen molar-refractivity contribution in [2.24, 2.45) is 0 Å². The van der Waals surface area contributed by atoms with Gasteiger partial charge >= 0.3 is 15.2 Å². The molecule has 1 aromatic carbocycles. The van der Waals surface area contributed by atoms with Crippen molar-refractivity contribution in [1.82, 2.24) is 0 Å². The number of hydrogen-bond donors (Lipinski definition) is 4. The topological polar surface area (TPSA) is 115 Å². The van der Waals surface area contributed by atoms with Crippen molar-refractivity contribution in [2.45, 2.75) is 18.2 Å². The number of benzene rings is 1. The number of halogens is 1. The van der Waals surface area contributed by atoms with Gasteiger partial charge in [-0.2, -0.15) is 0 Å². The Morgan fingerprint density at radius 1 is 1.00 bits per heavy atom. The van der Waals surface area contributed by atoms with Gasteiger partial charge < -0.3 is 19.6 Å². The van der Waals surface area contributed by atoms with Crippen LogP contribution in [-0.2, 0) is 13.5 Å². The van der Waals surface area contributed by atoms with Crippen LogP contribution in [0.3, 0.4) is 0 Å². The summed E-state index contributed by atoms with van der Waals surface area (Å²) in [6, 6.07) is 3.96. The molecule has 0 aliphatic carbocycles. The Balaban J connectivity index is 3.61. The Morgan fingerprint density at radius 3 is 1.78 bits per heavy atom. The highest BCUT2D eigenvalue weighted by Gasteiger charge is 2.60. The maximum Gasteiger partial charge on any atom is 0.363 e. The predicted octanol–water partition coefficient (Wildman–Crippen LogP) is 2.01. The van der Waals surface area contributed by atoms with Gasteiger partial charge in [0.1, 0.15) is 0 Å². The van der Waals surface area contributed by atoms with E-state index in [9.17, 15) is 28.7 Å². The fourth-order valence-electron chi connectivity index (χ4n) is 1.45. The Hall–Kier alpha value is -0.190. The standard InChI is InChI=1S/C9H13ClO6P2/c1-6-3-4-8(5-7(6)2)9(10,17(11,12)13)18(14,15)16/h3-5H,1-2H3,(H2,11,12,13)(H2,14,15,16). The molecule has 0 aliphatic heterocycles. The molecule has 6 nitrogen and oxygen atoms in total. The van der Waals surface area contributed by atoms with Crippen LogP contribution in [0.2, 0.25) is 0 Å². The summed E-state index contributed by atoms with van der Waals surface area (Å²) >= 11 is 5.61. The molecule has 0 aromatic heterocycles. The molecular formula is C9H13ClO6P2. The highest BCUT2D eigenvalue weighted by Crippen LogP contribution is 2.76. The van der Waals surface area contributed by atoms with Crippen LogP contribution in [0.1, 0.15) is 16.7 Å². The summed E-state index contributed by atoms with van der Waals surface area (Å²) in [5.74, 6) is 0. The zero-order valence-electron chi connectivity index (χ0n) is 9.61. The minimum absolute atomic E-state index is 0.297. The fraction of sp³-hybridized carbons (Fsp3) is 0.333. The maximum absolute atomic E-state index is 11.4. The van der Waals surface area contributed by atoms with E-state index in [0.29, 0.717) is 5.56 Å². The SMILES string of the molecule is Cc1ccc(C(Cl)(P(=O)(O)O)P(=O)(O)O)cc1C. The second kappa shape index (κ2) is 4.73. The van der Waals surface area contributed by atoms with Crippen molar-refractivity contribution in [2.75, 3.05) is 0 Å². The zero-order valence-corrected chi connectivity index (χ0v) is 12.2. The van der Waals surface area contributed by atoms with Gasteiger partial charge in [-0.1, -0.05) is 29.8 Å². The second-order valence-corrected chi connectivity index (χ2v) is 8.94. The van der Waals surface area contributed by atoms with Crippen LogP contribution in [0.5, 0.6) is 0 Å². The van der Waals surface area contributed by atoms with Crippen LogP contribution in [0.4, 0.5) is 0 Å². The van der Waals surface area contributed by atoms with Gasteiger partial charge in [-0.15, -0.1) is 0 Å². The van der Waals surface area contributed by atoms with Crippen molar-refractivity contribution in [1.29, 1.82) is 0 Å². The first kappa shape index (κ1) is 15.9. The lowest BCUT2D eigenvalue weighted by Gasteiger charge is -2.29. The van der Waals surface area contributed by atoms with Gasteiger partial charge in [0.2, 0.25) is 0 Å².